The molecule has 0 saturated heterocycles. The van der Waals surface area contributed by atoms with E-state index in [9.17, 15) is 9.36 Å². The lowest BCUT2D eigenvalue weighted by molar-refractivity contribution is 0.102. The quantitative estimate of drug-likeness (QED) is 0.135. The Balaban J connectivity index is 1.26. The molecule has 0 aliphatic rings. The molecule has 5 nitrogen and oxygen atoms in total. The van der Waals surface area contributed by atoms with E-state index < -0.39 is 7.14 Å². The minimum absolute atomic E-state index is 0.0743. The van der Waals surface area contributed by atoms with Crippen molar-refractivity contribution < 1.29 is 9.36 Å². The summed E-state index contributed by atoms with van der Waals surface area (Å²) in [7, 11) is -0.741. The number of thiophene rings is 1. The fraction of sp³-hybridized carbons (Fsp3) is 0.147. The van der Waals surface area contributed by atoms with Crippen molar-refractivity contribution in [3.05, 3.63) is 132 Å². The van der Waals surface area contributed by atoms with Gasteiger partial charge in [-0.3, -0.25) is 9.69 Å². The van der Waals surface area contributed by atoms with Crippen LogP contribution in [0.1, 0.15) is 28.9 Å². The Morgan fingerprint density at radius 1 is 0.878 bits per heavy atom. The van der Waals surface area contributed by atoms with Gasteiger partial charge in [-0.05, 0) is 60.8 Å². The SMILES string of the molecule is CC(c1ccc(C(=O)Nc2cc(-c3cccs3)ccc2N)cc1)N(C)CCP(=O)(c1ccccc1)c1ccccc1. The van der Waals surface area contributed by atoms with Crippen LogP contribution in [-0.2, 0) is 4.57 Å². The summed E-state index contributed by atoms with van der Waals surface area (Å²) in [4.78, 5) is 16.4. The van der Waals surface area contributed by atoms with E-state index in [-0.39, 0.29) is 11.9 Å². The van der Waals surface area contributed by atoms with Crippen molar-refractivity contribution in [2.45, 2.75) is 13.0 Å². The van der Waals surface area contributed by atoms with Crippen LogP contribution in [0.25, 0.3) is 10.4 Å². The molecule has 4 aromatic carbocycles. The Labute approximate surface area is 246 Å². The largest absolute Gasteiger partial charge is 0.397 e. The highest BCUT2D eigenvalue weighted by Gasteiger charge is 2.28. The molecule has 0 radical (unpaired) electrons. The van der Waals surface area contributed by atoms with Crippen molar-refractivity contribution in [3.8, 4) is 10.4 Å². The molecule has 1 heterocycles. The number of nitrogens with two attached hydrogens (primary N) is 1. The molecule has 208 valence electrons. The number of hydrogen-bond acceptors (Lipinski definition) is 5. The van der Waals surface area contributed by atoms with E-state index in [4.69, 9.17) is 5.73 Å². The number of nitrogens with one attached hydrogen (secondary N) is 1. The number of carbonyl (C=O) groups is 1. The summed E-state index contributed by atoms with van der Waals surface area (Å²) in [5, 5.41) is 6.75. The smallest absolute Gasteiger partial charge is 0.255 e. The van der Waals surface area contributed by atoms with Crippen molar-refractivity contribution in [2.75, 3.05) is 30.8 Å². The Kier molecular flexibility index (Phi) is 8.84. The van der Waals surface area contributed by atoms with Gasteiger partial charge in [-0.1, -0.05) is 84.9 Å². The van der Waals surface area contributed by atoms with Crippen LogP contribution in [0.3, 0.4) is 0 Å². The van der Waals surface area contributed by atoms with Crippen LogP contribution in [0.5, 0.6) is 0 Å². The van der Waals surface area contributed by atoms with E-state index in [0.29, 0.717) is 29.6 Å². The number of anilines is 2. The third-order valence-corrected chi connectivity index (χ3v) is 11.6. The maximum Gasteiger partial charge on any atom is 0.255 e. The maximum absolute atomic E-state index is 14.4. The van der Waals surface area contributed by atoms with Crippen LogP contribution in [0.4, 0.5) is 11.4 Å². The van der Waals surface area contributed by atoms with E-state index in [2.05, 4.69) is 24.2 Å². The van der Waals surface area contributed by atoms with Gasteiger partial charge in [0.05, 0.1) is 11.4 Å². The molecular formula is C34H34N3O2PS. The predicted octanol–water partition coefficient (Wildman–Crippen LogP) is 7.26. The van der Waals surface area contributed by atoms with Crippen molar-refractivity contribution in [2.24, 2.45) is 0 Å². The van der Waals surface area contributed by atoms with Crippen molar-refractivity contribution >= 4 is 46.4 Å². The summed E-state index contributed by atoms with van der Waals surface area (Å²) in [6.45, 7) is 2.78. The first-order valence-electron chi connectivity index (χ1n) is 13.6. The lowest BCUT2D eigenvalue weighted by atomic mass is 10.0. The average molecular weight is 580 g/mol. The van der Waals surface area contributed by atoms with E-state index in [1.165, 1.54) is 0 Å². The first-order chi connectivity index (χ1) is 19.8. The third kappa shape index (κ3) is 6.52. The highest BCUT2D eigenvalue weighted by molar-refractivity contribution is 7.78. The fourth-order valence-electron chi connectivity index (χ4n) is 4.86. The van der Waals surface area contributed by atoms with Crippen LogP contribution in [0.2, 0.25) is 0 Å². The Bertz CT molecular complexity index is 1600. The molecule has 1 amide bonds. The molecule has 0 bridgehead atoms. The van der Waals surface area contributed by atoms with Gasteiger partial charge in [-0.2, -0.15) is 0 Å². The first-order valence-corrected chi connectivity index (χ1v) is 16.4. The monoisotopic (exact) mass is 579 g/mol. The summed E-state index contributed by atoms with van der Waals surface area (Å²) < 4.78 is 14.4. The van der Waals surface area contributed by atoms with Gasteiger partial charge in [0.25, 0.3) is 5.91 Å². The number of hydrogen-bond donors (Lipinski definition) is 2. The van der Waals surface area contributed by atoms with Crippen LogP contribution < -0.4 is 21.7 Å². The summed E-state index contributed by atoms with van der Waals surface area (Å²) in [5.74, 6) is -0.209. The van der Waals surface area contributed by atoms with Gasteiger partial charge in [0, 0.05) is 39.8 Å². The predicted molar refractivity (Wildman–Crippen MR) is 174 cm³/mol. The summed E-state index contributed by atoms with van der Waals surface area (Å²) >= 11 is 1.64. The zero-order chi connectivity index (χ0) is 28.8. The average Bonchev–Trinajstić information content (AvgIpc) is 3.56. The van der Waals surface area contributed by atoms with Gasteiger partial charge >= 0.3 is 0 Å². The lowest BCUT2D eigenvalue weighted by Gasteiger charge is -2.28. The molecule has 0 aliphatic heterocycles. The van der Waals surface area contributed by atoms with Crippen LogP contribution in [-0.4, -0.2) is 30.6 Å². The molecule has 1 atom stereocenters. The van der Waals surface area contributed by atoms with Gasteiger partial charge in [-0.25, -0.2) is 0 Å². The zero-order valence-electron chi connectivity index (χ0n) is 23.2. The van der Waals surface area contributed by atoms with Gasteiger partial charge in [0.1, 0.15) is 7.14 Å². The van der Waals surface area contributed by atoms with Gasteiger partial charge in [-0.15, -0.1) is 11.3 Å². The number of rotatable bonds is 10. The number of benzene rings is 4. The second kappa shape index (κ2) is 12.7. The molecule has 0 spiro atoms. The minimum Gasteiger partial charge on any atom is -0.397 e. The maximum atomic E-state index is 14.4. The molecule has 0 fully saturated rings. The molecule has 3 N–H and O–H groups in total. The van der Waals surface area contributed by atoms with Crippen molar-refractivity contribution in [3.63, 3.8) is 0 Å². The fourth-order valence-corrected chi connectivity index (χ4v) is 8.30. The highest BCUT2D eigenvalue weighted by atomic mass is 32.1. The summed E-state index contributed by atoms with van der Waals surface area (Å²) in [5.41, 5.74) is 9.93. The first kappa shape index (κ1) is 28.6. The third-order valence-electron chi connectivity index (χ3n) is 7.54. The molecule has 0 aliphatic carbocycles. The molecule has 1 aromatic heterocycles. The summed E-state index contributed by atoms with van der Waals surface area (Å²) in [6.07, 6.45) is 0.536. The Morgan fingerprint density at radius 2 is 1.51 bits per heavy atom. The molecule has 41 heavy (non-hydrogen) atoms. The van der Waals surface area contributed by atoms with Gasteiger partial charge in [0.2, 0.25) is 0 Å². The zero-order valence-corrected chi connectivity index (χ0v) is 24.9. The molecular weight excluding hydrogens is 545 g/mol. The van der Waals surface area contributed by atoms with Crippen molar-refractivity contribution in [1.29, 1.82) is 0 Å². The second-order valence-electron chi connectivity index (χ2n) is 10.1. The number of nitrogen functional groups attached to an aromatic ring is 1. The topological polar surface area (TPSA) is 75.4 Å². The molecule has 5 aromatic rings. The Hall–Kier alpha value is -3.96. The van der Waals surface area contributed by atoms with Gasteiger partial charge in [0.15, 0.2) is 0 Å². The summed E-state index contributed by atoms with van der Waals surface area (Å²) in [6, 6.07) is 37.0. The van der Waals surface area contributed by atoms with Crippen LogP contribution >= 0.6 is 18.5 Å². The molecule has 0 saturated carbocycles. The van der Waals surface area contributed by atoms with E-state index in [0.717, 1.165) is 26.6 Å². The van der Waals surface area contributed by atoms with E-state index >= 15 is 0 Å². The number of carbonyl (C=O) groups excluding carboxylic acids is 1. The molecule has 1 unspecified atom stereocenters. The molecule has 7 heteroatoms. The van der Waals surface area contributed by atoms with Gasteiger partial charge < -0.3 is 15.6 Å². The minimum atomic E-state index is -2.79. The van der Waals surface area contributed by atoms with Crippen LogP contribution in [0.15, 0.2) is 121 Å². The van der Waals surface area contributed by atoms with E-state index in [1.807, 2.05) is 121 Å². The lowest BCUT2D eigenvalue weighted by Crippen LogP contribution is -2.29. The van der Waals surface area contributed by atoms with E-state index in [1.54, 1.807) is 11.3 Å². The standard InChI is InChI=1S/C34H34N3O2PS/c1-25(37(2)21-22-40(39,29-10-5-3-6-11-29)30-12-7-4-8-13-30)26-15-17-27(18-16-26)34(38)36-32-24-28(19-20-31(32)35)33-14-9-23-41-33/h3-20,23-25H,21-22,35H2,1-2H3,(H,36,38). The van der Waals surface area contributed by atoms with Crippen LogP contribution in [0, 0.1) is 0 Å². The van der Waals surface area contributed by atoms with Crippen molar-refractivity contribution in [1.82, 2.24) is 4.90 Å². The number of amides is 1. The normalized spacial score (nSPS) is 12.3. The Morgan fingerprint density at radius 3 is 2.10 bits per heavy atom. The number of nitrogens with zero attached hydrogens (tertiary/aromatic N) is 1. The second-order valence-corrected chi connectivity index (χ2v) is 14.1. The molecule has 5 rings (SSSR count). The highest BCUT2D eigenvalue weighted by Crippen LogP contribution is 2.43.